The number of aryl methyl sites for hydroxylation is 1. The molecule has 2 aliphatic heterocycles. The van der Waals surface area contributed by atoms with Gasteiger partial charge in [0.1, 0.15) is 0 Å². The van der Waals surface area contributed by atoms with Crippen molar-refractivity contribution in [1.29, 1.82) is 0 Å². The van der Waals surface area contributed by atoms with Gasteiger partial charge in [-0.2, -0.15) is 4.98 Å². The minimum absolute atomic E-state index is 0.391. The third kappa shape index (κ3) is 2.77. The molecular weight excluding hydrogens is 290 g/mol. The lowest BCUT2D eigenvalue weighted by Gasteiger charge is -2.26. The van der Waals surface area contributed by atoms with E-state index in [4.69, 9.17) is 9.51 Å². The van der Waals surface area contributed by atoms with Crippen LogP contribution in [0.15, 0.2) is 10.7 Å². The van der Waals surface area contributed by atoms with Gasteiger partial charge in [0.2, 0.25) is 11.7 Å². The number of piperidine rings is 1. The Balaban J connectivity index is 1.67. The van der Waals surface area contributed by atoms with Crippen LogP contribution >= 0.6 is 0 Å². The highest BCUT2D eigenvalue weighted by molar-refractivity contribution is 5.64. The van der Waals surface area contributed by atoms with Crippen molar-refractivity contribution in [3.05, 3.63) is 28.9 Å². The van der Waals surface area contributed by atoms with Gasteiger partial charge < -0.3 is 14.7 Å². The molecule has 1 N–H and O–H groups in total. The van der Waals surface area contributed by atoms with E-state index < -0.39 is 0 Å². The SMILES string of the molecule is Cc1ncc2c(c1-c1noc(C3CCN(C)CC3)n1)CCNC2. The fourth-order valence-electron chi connectivity index (χ4n) is 3.63. The molecule has 6 nitrogen and oxygen atoms in total. The molecule has 4 rings (SSSR count). The van der Waals surface area contributed by atoms with Gasteiger partial charge in [-0.1, -0.05) is 5.16 Å². The van der Waals surface area contributed by atoms with Crippen LogP contribution in [0.2, 0.25) is 0 Å². The van der Waals surface area contributed by atoms with Crippen LogP contribution < -0.4 is 5.32 Å². The molecule has 2 aromatic rings. The van der Waals surface area contributed by atoms with Gasteiger partial charge in [-0.05, 0) is 64.0 Å². The Labute approximate surface area is 136 Å². The van der Waals surface area contributed by atoms with Crippen LogP contribution in [0.5, 0.6) is 0 Å². The summed E-state index contributed by atoms with van der Waals surface area (Å²) in [5, 5.41) is 7.68. The number of nitrogens with one attached hydrogen (secondary N) is 1. The van der Waals surface area contributed by atoms with E-state index >= 15 is 0 Å². The minimum atomic E-state index is 0.391. The van der Waals surface area contributed by atoms with E-state index in [1.807, 2.05) is 13.1 Å². The Morgan fingerprint density at radius 2 is 2.13 bits per heavy atom. The summed E-state index contributed by atoms with van der Waals surface area (Å²) in [5.74, 6) is 1.89. The van der Waals surface area contributed by atoms with Crippen LogP contribution in [0.1, 0.15) is 41.5 Å². The Hall–Kier alpha value is -1.79. The van der Waals surface area contributed by atoms with E-state index in [1.165, 1.54) is 11.1 Å². The lowest BCUT2D eigenvalue weighted by Crippen LogP contribution is -2.29. The van der Waals surface area contributed by atoms with Crippen molar-refractivity contribution in [3.8, 4) is 11.4 Å². The van der Waals surface area contributed by atoms with E-state index in [-0.39, 0.29) is 0 Å². The molecule has 0 bridgehead atoms. The van der Waals surface area contributed by atoms with E-state index in [9.17, 15) is 0 Å². The molecular formula is C17H23N5O. The largest absolute Gasteiger partial charge is 0.339 e. The standard InChI is InChI=1S/C17H23N5O/c1-11-15(14-3-6-18-9-13(14)10-19-11)16-20-17(23-21-16)12-4-7-22(2)8-5-12/h10,12,18H,3-9H2,1-2H3. The van der Waals surface area contributed by atoms with Crippen LogP contribution in [-0.4, -0.2) is 46.7 Å². The smallest absolute Gasteiger partial charge is 0.230 e. The number of rotatable bonds is 2. The second-order valence-electron chi connectivity index (χ2n) is 6.68. The monoisotopic (exact) mass is 313 g/mol. The van der Waals surface area contributed by atoms with Gasteiger partial charge in [-0.25, -0.2) is 0 Å². The molecule has 0 aromatic carbocycles. The van der Waals surface area contributed by atoms with Gasteiger partial charge in [0.25, 0.3) is 0 Å². The van der Waals surface area contributed by atoms with Crippen LogP contribution in [0, 0.1) is 6.92 Å². The van der Waals surface area contributed by atoms with Crippen molar-refractivity contribution < 1.29 is 4.52 Å². The van der Waals surface area contributed by atoms with Gasteiger partial charge in [-0.15, -0.1) is 0 Å². The van der Waals surface area contributed by atoms with Crippen molar-refractivity contribution in [2.24, 2.45) is 0 Å². The molecule has 0 saturated carbocycles. The first-order valence-electron chi connectivity index (χ1n) is 8.43. The maximum Gasteiger partial charge on any atom is 0.230 e. The molecule has 0 amide bonds. The highest BCUT2D eigenvalue weighted by Gasteiger charge is 2.26. The Kier molecular flexibility index (Phi) is 3.87. The van der Waals surface area contributed by atoms with Crippen LogP contribution in [0.3, 0.4) is 0 Å². The number of hydrogen-bond acceptors (Lipinski definition) is 6. The van der Waals surface area contributed by atoms with Crippen LogP contribution in [-0.2, 0) is 13.0 Å². The fourth-order valence-corrected chi connectivity index (χ4v) is 3.63. The zero-order valence-corrected chi connectivity index (χ0v) is 13.8. The lowest BCUT2D eigenvalue weighted by molar-refractivity contribution is 0.227. The van der Waals surface area contributed by atoms with E-state index in [1.54, 1.807) is 0 Å². The third-order valence-electron chi connectivity index (χ3n) is 5.07. The van der Waals surface area contributed by atoms with Gasteiger partial charge >= 0.3 is 0 Å². The molecule has 0 spiro atoms. The molecule has 1 fully saturated rings. The zero-order chi connectivity index (χ0) is 15.8. The lowest BCUT2D eigenvalue weighted by atomic mass is 9.95. The molecule has 4 heterocycles. The summed E-state index contributed by atoms with van der Waals surface area (Å²) >= 11 is 0. The topological polar surface area (TPSA) is 67.1 Å². The van der Waals surface area contributed by atoms with Crippen molar-refractivity contribution in [1.82, 2.24) is 25.3 Å². The van der Waals surface area contributed by atoms with Gasteiger partial charge in [0.15, 0.2) is 0 Å². The quantitative estimate of drug-likeness (QED) is 0.913. The molecule has 0 unspecified atom stereocenters. The number of nitrogens with zero attached hydrogens (tertiary/aromatic N) is 4. The number of aromatic nitrogens is 3. The second-order valence-corrected chi connectivity index (χ2v) is 6.68. The van der Waals surface area contributed by atoms with E-state index in [2.05, 4.69) is 27.4 Å². The van der Waals surface area contributed by atoms with E-state index in [0.717, 1.165) is 62.6 Å². The third-order valence-corrected chi connectivity index (χ3v) is 5.07. The molecule has 2 aliphatic rings. The summed E-state index contributed by atoms with van der Waals surface area (Å²) in [6, 6.07) is 0. The second kappa shape index (κ2) is 6.02. The fraction of sp³-hybridized carbons (Fsp3) is 0.588. The highest BCUT2D eigenvalue weighted by Crippen LogP contribution is 2.31. The normalized spacial score (nSPS) is 19.7. The molecule has 0 aliphatic carbocycles. The Morgan fingerprint density at radius 3 is 2.96 bits per heavy atom. The first kappa shape index (κ1) is 14.8. The summed E-state index contributed by atoms with van der Waals surface area (Å²) in [4.78, 5) is 11.6. The summed E-state index contributed by atoms with van der Waals surface area (Å²) in [6.07, 6.45) is 5.14. The van der Waals surface area contributed by atoms with Crippen molar-refractivity contribution >= 4 is 0 Å². The van der Waals surface area contributed by atoms with Crippen LogP contribution in [0.4, 0.5) is 0 Å². The molecule has 1 saturated heterocycles. The molecule has 0 atom stereocenters. The first-order chi connectivity index (χ1) is 11.2. The summed E-state index contributed by atoms with van der Waals surface area (Å²) in [6.45, 7) is 6.08. The Morgan fingerprint density at radius 1 is 1.30 bits per heavy atom. The average molecular weight is 313 g/mol. The number of likely N-dealkylation sites (tertiary alicyclic amines) is 1. The predicted molar refractivity (Wildman–Crippen MR) is 87.1 cm³/mol. The average Bonchev–Trinajstić information content (AvgIpc) is 3.05. The zero-order valence-electron chi connectivity index (χ0n) is 13.8. The molecule has 2 aromatic heterocycles. The maximum atomic E-state index is 5.62. The summed E-state index contributed by atoms with van der Waals surface area (Å²) in [5.41, 5.74) is 4.64. The Bertz CT molecular complexity index is 703. The number of pyridine rings is 1. The van der Waals surface area contributed by atoms with E-state index in [0.29, 0.717) is 11.7 Å². The minimum Gasteiger partial charge on any atom is -0.339 e. The molecule has 6 heteroatoms. The summed E-state index contributed by atoms with van der Waals surface area (Å²) < 4.78 is 5.62. The number of fused-ring (bicyclic) bond motifs is 1. The van der Waals surface area contributed by atoms with Gasteiger partial charge in [-0.3, -0.25) is 4.98 Å². The number of hydrogen-bond donors (Lipinski definition) is 1. The molecule has 0 radical (unpaired) electrons. The van der Waals surface area contributed by atoms with Gasteiger partial charge in [0.05, 0.1) is 0 Å². The summed E-state index contributed by atoms with van der Waals surface area (Å²) in [7, 11) is 2.16. The molecule has 122 valence electrons. The first-order valence-corrected chi connectivity index (χ1v) is 8.43. The molecule has 23 heavy (non-hydrogen) atoms. The maximum absolute atomic E-state index is 5.62. The van der Waals surface area contributed by atoms with Crippen molar-refractivity contribution in [2.75, 3.05) is 26.7 Å². The van der Waals surface area contributed by atoms with Crippen molar-refractivity contribution in [2.45, 2.75) is 38.6 Å². The van der Waals surface area contributed by atoms with Crippen molar-refractivity contribution in [3.63, 3.8) is 0 Å². The predicted octanol–water partition coefficient (Wildman–Crippen LogP) is 1.89. The van der Waals surface area contributed by atoms with Crippen LogP contribution in [0.25, 0.3) is 11.4 Å². The highest BCUT2D eigenvalue weighted by atomic mass is 16.5. The van der Waals surface area contributed by atoms with Gasteiger partial charge in [0, 0.05) is 29.9 Å².